The van der Waals surface area contributed by atoms with Crippen molar-refractivity contribution >= 4 is 8.07 Å². The monoisotopic (exact) mass is 144 g/mol. The predicted octanol–water partition coefficient (Wildman–Crippen LogP) is 0.571. The second kappa shape index (κ2) is 1.59. The lowest BCUT2D eigenvalue weighted by molar-refractivity contribution is 0.427. The normalized spacial score (nSPS) is 40.7. The van der Waals surface area contributed by atoms with Gasteiger partial charge in [-0.2, -0.15) is 0 Å². The van der Waals surface area contributed by atoms with E-state index in [1.807, 2.05) is 0 Å². The zero-order valence-electron chi connectivity index (χ0n) is 5.89. The van der Waals surface area contributed by atoms with Crippen molar-refractivity contribution in [2.45, 2.75) is 24.5 Å². The van der Waals surface area contributed by atoms with E-state index < -0.39 is 8.07 Å². The third-order valence-electron chi connectivity index (χ3n) is 2.33. The summed E-state index contributed by atoms with van der Waals surface area (Å²) in [6.07, 6.45) is 0. The highest BCUT2D eigenvalue weighted by molar-refractivity contribution is 6.81. The Hall–Kier alpha value is 0.137. The van der Waals surface area contributed by atoms with E-state index in [4.69, 9.17) is 9.47 Å². The van der Waals surface area contributed by atoms with Crippen LogP contribution in [-0.2, 0) is 9.47 Å². The number of rotatable bonds is 2. The van der Waals surface area contributed by atoms with Gasteiger partial charge in [0.2, 0.25) is 0 Å². The molecule has 0 radical (unpaired) electrons. The zero-order chi connectivity index (χ0) is 6.48. The summed E-state index contributed by atoms with van der Waals surface area (Å²) in [5, 5.41) is 0. The molecular formula is C6H12O2Si. The van der Waals surface area contributed by atoms with Crippen LogP contribution in [0.1, 0.15) is 0 Å². The van der Waals surface area contributed by atoms with Gasteiger partial charge >= 0.3 is 0 Å². The van der Waals surface area contributed by atoms with Crippen LogP contribution in [0.4, 0.5) is 0 Å². The molecule has 0 spiro atoms. The van der Waals surface area contributed by atoms with E-state index in [1.165, 1.54) is 0 Å². The van der Waals surface area contributed by atoms with Gasteiger partial charge in [-0.05, 0) is 0 Å². The SMILES string of the molecule is C[Si](C)(C1CO1)C1CO1. The summed E-state index contributed by atoms with van der Waals surface area (Å²) >= 11 is 0. The van der Waals surface area contributed by atoms with Crippen molar-refractivity contribution in [3.63, 3.8) is 0 Å². The van der Waals surface area contributed by atoms with Gasteiger partial charge in [0.15, 0.2) is 0 Å². The molecule has 2 aliphatic rings. The number of ether oxygens (including phenoxy) is 2. The van der Waals surface area contributed by atoms with Crippen molar-refractivity contribution in [1.29, 1.82) is 0 Å². The van der Waals surface area contributed by atoms with Crippen LogP contribution in [0.15, 0.2) is 0 Å². The number of epoxide rings is 2. The first-order chi connectivity index (χ1) is 4.21. The Morgan fingerprint density at radius 3 is 1.67 bits per heavy atom. The Balaban J connectivity index is 2.01. The first-order valence-electron chi connectivity index (χ1n) is 3.44. The van der Waals surface area contributed by atoms with Crippen molar-refractivity contribution in [2.24, 2.45) is 0 Å². The van der Waals surface area contributed by atoms with Crippen molar-refractivity contribution < 1.29 is 9.47 Å². The topological polar surface area (TPSA) is 25.1 Å². The molecule has 2 heterocycles. The molecule has 0 aromatic heterocycles. The minimum absolute atomic E-state index is 0.616. The molecule has 2 saturated heterocycles. The highest BCUT2D eigenvalue weighted by Crippen LogP contribution is 2.32. The molecule has 0 bridgehead atoms. The van der Waals surface area contributed by atoms with Crippen LogP contribution in [0.5, 0.6) is 0 Å². The van der Waals surface area contributed by atoms with E-state index in [0.717, 1.165) is 13.2 Å². The van der Waals surface area contributed by atoms with E-state index >= 15 is 0 Å². The molecule has 0 aromatic rings. The van der Waals surface area contributed by atoms with Crippen LogP contribution in [0.25, 0.3) is 0 Å². The Labute approximate surface area is 56.2 Å². The molecule has 2 atom stereocenters. The smallest absolute Gasteiger partial charge is 0.120 e. The fourth-order valence-corrected chi connectivity index (χ4v) is 3.49. The fraction of sp³-hybridized carbons (Fsp3) is 1.00. The molecule has 2 unspecified atom stereocenters. The van der Waals surface area contributed by atoms with Gasteiger partial charge in [0.1, 0.15) is 8.07 Å². The van der Waals surface area contributed by atoms with E-state index in [2.05, 4.69) is 13.1 Å². The van der Waals surface area contributed by atoms with Gasteiger partial charge in [-0.1, -0.05) is 13.1 Å². The molecule has 9 heavy (non-hydrogen) atoms. The molecule has 0 aromatic carbocycles. The molecular weight excluding hydrogens is 132 g/mol. The number of hydrogen-bond acceptors (Lipinski definition) is 2. The van der Waals surface area contributed by atoms with Gasteiger partial charge in [0.05, 0.1) is 24.7 Å². The number of hydrogen-bond donors (Lipinski definition) is 0. The van der Waals surface area contributed by atoms with Gasteiger partial charge in [-0.3, -0.25) is 0 Å². The summed E-state index contributed by atoms with van der Waals surface area (Å²) in [6.45, 7) is 6.70. The van der Waals surface area contributed by atoms with Crippen LogP contribution in [0.3, 0.4) is 0 Å². The third-order valence-corrected chi connectivity index (χ3v) is 6.31. The molecule has 2 rings (SSSR count). The second-order valence-corrected chi connectivity index (χ2v) is 8.40. The quantitative estimate of drug-likeness (QED) is 0.418. The highest BCUT2D eigenvalue weighted by atomic mass is 28.3. The minimum atomic E-state index is -1.08. The van der Waals surface area contributed by atoms with Crippen molar-refractivity contribution in [1.82, 2.24) is 0 Å². The van der Waals surface area contributed by atoms with Crippen LogP contribution in [0.2, 0.25) is 13.1 Å². The molecule has 0 aliphatic carbocycles. The summed E-state index contributed by atoms with van der Waals surface area (Å²) in [5.41, 5.74) is 1.23. The van der Waals surface area contributed by atoms with Crippen LogP contribution < -0.4 is 0 Å². The molecule has 0 amide bonds. The van der Waals surface area contributed by atoms with Gasteiger partial charge in [-0.25, -0.2) is 0 Å². The average molecular weight is 144 g/mol. The van der Waals surface area contributed by atoms with Crippen LogP contribution in [0, 0.1) is 0 Å². The van der Waals surface area contributed by atoms with Gasteiger partial charge in [0, 0.05) is 0 Å². The lowest BCUT2D eigenvalue weighted by atomic mass is 10.9. The minimum Gasteiger partial charge on any atom is -0.377 e. The maximum Gasteiger partial charge on any atom is 0.120 e. The van der Waals surface area contributed by atoms with Crippen LogP contribution in [-0.4, -0.2) is 32.7 Å². The average Bonchev–Trinajstić information content (AvgIpc) is 2.62. The van der Waals surface area contributed by atoms with Crippen LogP contribution >= 0.6 is 0 Å². The van der Waals surface area contributed by atoms with E-state index in [0.29, 0.717) is 11.5 Å². The summed E-state index contributed by atoms with van der Waals surface area (Å²) in [5.74, 6) is 0. The summed E-state index contributed by atoms with van der Waals surface area (Å²) in [7, 11) is -1.08. The molecule has 0 N–H and O–H groups in total. The van der Waals surface area contributed by atoms with Gasteiger partial charge < -0.3 is 9.47 Å². The highest BCUT2D eigenvalue weighted by Gasteiger charge is 2.52. The Morgan fingerprint density at radius 2 is 1.44 bits per heavy atom. The molecule has 2 nitrogen and oxygen atoms in total. The molecule has 3 heteroatoms. The Kier molecular flexibility index (Phi) is 1.04. The molecule has 0 saturated carbocycles. The first kappa shape index (κ1) is 5.89. The zero-order valence-corrected chi connectivity index (χ0v) is 6.89. The van der Waals surface area contributed by atoms with Crippen molar-refractivity contribution in [3.05, 3.63) is 0 Å². The van der Waals surface area contributed by atoms with E-state index in [-0.39, 0.29) is 0 Å². The van der Waals surface area contributed by atoms with E-state index in [1.54, 1.807) is 0 Å². The standard InChI is InChI=1S/C6H12O2Si/c1-9(2,5-3-7-5)6-4-8-6/h5-6H,3-4H2,1-2H3. The lowest BCUT2D eigenvalue weighted by Crippen LogP contribution is -2.40. The first-order valence-corrected chi connectivity index (χ1v) is 6.60. The lowest BCUT2D eigenvalue weighted by Gasteiger charge is -2.14. The van der Waals surface area contributed by atoms with Gasteiger partial charge in [0.25, 0.3) is 0 Å². The Bertz CT molecular complexity index is 113. The van der Waals surface area contributed by atoms with Crippen molar-refractivity contribution in [3.8, 4) is 0 Å². The maximum absolute atomic E-state index is 5.26. The second-order valence-electron chi connectivity index (χ2n) is 3.47. The van der Waals surface area contributed by atoms with Gasteiger partial charge in [-0.15, -0.1) is 0 Å². The molecule has 2 aliphatic heterocycles. The fourth-order valence-electron chi connectivity index (χ4n) is 1.16. The summed E-state index contributed by atoms with van der Waals surface area (Å²) in [6, 6.07) is 0. The largest absolute Gasteiger partial charge is 0.377 e. The molecule has 52 valence electrons. The molecule has 2 fully saturated rings. The maximum atomic E-state index is 5.26. The predicted molar refractivity (Wildman–Crippen MR) is 37.0 cm³/mol. The third kappa shape index (κ3) is 0.932. The Morgan fingerprint density at radius 1 is 1.11 bits per heavy atom. The van der Waals surface area contributed by atoms with Crippen molar-refractivity contribution in [2.75, 3.05) is 13.2 Å². The summed E-state index contributed by atoms with van der Waals surface area (Å²) < 4.78 is 10.5. The summed E-state index contributed by atoms with van der Waals surface area (Å²) in [4.78, 5) is 0. The van der Waals surface area contributed by atoms with E-state index in [9.17, 15) is 0 Å².